The third-order valence-electron chi connectivity index (χ3n) is 4.56. The minimum Gasteiger partial charge on any atom is -0.453 e. The fourth-order valence-electron chi connectivity index (χ4n) is 3.21. The highest BCUT2D eigenvalue weighted by Crippen LogP contribution is 2.28. The molecule has 1 aliphatic heterocycles. The van der Waals surface area contributed by atoms with Crippen LogP contribution in [0.2, 0.25) is 10.0 Å². The molecule has 0 aromatic heterocycles. The third-order valence-corrected chi connectivity index (χ3v) is 5.03. The highest BCUT2D eigenvalue weighted by molar-refractivity contribution is 6.31. The number of halogens is 2. The summed E-state index contributed by atoms with van der Waals surface area (Å²) >= 11 is 12.3. The molecule has 0 saturated carbocycles. The van der Waals surface area contributed by atoms with Crippen molar-refractivity contribution in [3.8, 4) is 11.5 Å². The van der Waals surface area contributed by atoms with Crippen molar-refractivity contribution in [3.05, 3.63) is 100 Å². The Hall–Kier alpha value is -3.34. The molecule has 0 unspecified atom stereocenters. The van der Waals surface area contributed by atoms with Crippen LogP contribution in [0, 0.1) is 0 Å². The number of para-hydroxylation sites is 2. The molecule has 0 atom stereocenters. The molecule has 0 radical (unpaired) electrons. The summed E-state index contributed by atoms with van der Waals surface area (Å²) in [5.41, 5.74) is 4.60. The number of rotatable bonds is 3. The molecule has 0 saturated heterocycles. The van der Waals surface area contributed by atoms with E-state index in [2.05, 4.69) is 5.32 Å². The largest absolute Gasteiger partial charge is 0.453 e. The van der Waals surface area contributed by atoms with Gasteiger partial charge in [-0.3, -0.25) is 0 Å². The zero-order valence-electron chi connectivity index (χ0n) is 15.6. The SMILES string of the molecule is Clc1cccc(N=c2cc3oc4ccccc4nc-3cc2Nc2cccc(Cl)c2)c1. The van der Waals surface area contributed by atoms with Gasteiger partial charge in [0.1, 0.15) is 11.2 Å². The van der Waals surface area contributed by atoms with E-state index >= 15 is 0 Å². The summed E-state index contributed by atoms with van der Waals surface area (Å²) in [7, 11) is 0. The molecule has 5 rings (SSSR count). The van der Waals surface area contributed by atoms with Crippen molar-refractivity contribution in [3.63, 3.8) is 0 Å². The molecule has 0 fully saturated rings. The van der Waals surface area contributed by atoms with Gasteiger partial charge in [-0.25, -0.2) is 9.98 Å². The normalized spacial score (nSPS) is 11.9. The number of benzene rings is 4. The summed E-state index contributed by atoms with van der Waals surface area (Å²) in [6.45, 7) is 0. The fraction of sp³-hybridized carbons (Fsp3) is 0. The lowest BCUT2D eigenvalue weighted by molar-refractivity contribution is 0.612. The van der Waals surface area contributed by atoms with Crippen LogP contribution in [0.4, 0.5) is 17.1 Å². The first kappa shape index (κ1) is 18.7. The van der Waals surface area contributed by atoms with E-state index in [4.69, 9.17) is 37.6 Å². The summed E-state index contributed by atoms with van der Waals surface area (Å²) in [5.74, 6) is 0.645. The molecule has 0 bridgehead atoms. The van der Waals surface area contributed by atoms with Crippen LogP contribution in [0.5, 0.6) is 0 Å². The van der Waals surface area contributed by atoms with Crippen LogP contribution < -0.4 is 10.7 Å². The number of anilines is 2. The van der Waals surface area contributed by atoms with Crippen LogP contribution in [0.1, 0.15) is 0 Å². The Morgan fingerprint density at radius 2 is 1.60 bits per heavy atom. The van der Waals surface area contributed by atoms with E-state index in [1.165, 1.54) is 0 Å². The molecular formula is C24H15Cl2N3O. The predicted octanol–water partition coefficient (Wildman–Crippen LogP) is 7.22. The minimum absolute atomic E-state index is 0.624. The molecule has 3 aromatic rings. The molecule has 0 spiro atoms. The zero-order valence-corrected chi connectivity index (χ0v) is 17.2. The van der Waals surface area contributed by atoms with Crippen molar-refractivity contribution in [1.82, 2.24) is 4.98 Å². The van der Waals surface area contributed by atoms with E-state index in [1.54, 1.807) is 0 Å². The van der Waals surface area contributed by atoms with Gasteiger partial charge in [0, 0.05) is 21.8 Å². The van der Waals surface area contributed by atoms with Gasteiger partial charge in [0.2, 0.25) is 0 Å². The molecule has 146 valence electrons. The average molecular weight is 432 g/mol. The lowest BCUT2D eigenvalue weighted by atomic mass is 10.1. The van der Waals surface area contributed by atoms with Gasteiger partial charge in [-0.1, -0.05) is 47.5 Å². The highest BCUT2D eigenvalue weighted by atomic mass is 35.5. The maximum Gasteiger partial charge on any atom is 0.155 e. The van der Waals surface area contributed by atoms with Gasteiger partial charge in [-0.15, -0.1) is 0 Å². The van der Waals surface area contributed by atoms with Crippen molar-refractivity contribution in [2.45, 2.75) is 0 Å². The van der Waals surface area contributed by atoms with Gasteiger partial charge in [0.15, 0.2) is 11.3 Å². The van der Waals surface area contributed by atoms with Gasteiger partial charge < -0.3 is 9.73 Å². The minimum atomic E-state index is 0.624. The van der Waals surface area contributed by atoms with Crippen molar-refractivity contribution >= 4 is 51.4 Å². The van der Waals surface area contributed by atoms with E-state index < -0.39 is 0 Å². The topological polar surface area (TPSA) is 50.4 Å². The van der Waals surface area contributed by atoms with E-state index in [1.807, 2.05) is 84.9 Å². The molecule has 1 N–H and O–H groups in total. The van der Waals surface area contributed by atoms with Gasteiger partial charge in [-0.2, -0.15) is 0 Å². The van der Waals surface area contributed by atoms with Crippen LogP contribution in [0.15, 0.2) is 94.3 Å². The second-order valence-electron chi connectivity index (χ2n) is 6.75. The standard InChI is InChI=1S/C24H15Cl2N3O/c25-15-5-3-7-17(11-15)27-20-13-22-24(30-23-10-2-1-9-19(23)29-22)14-21(20)28-18-8-4-6-16(26)12-18/h1-14,27H. The van der Waals surface area contributed by atoms with Gasteiger partial charge in [0.25, 0.3) is 0 Å². The van der Waals surface area contributed by atoms with Crippen molar-refractivity contribution in [2.24, 2.45) is 4.99 Å². The number of hydrogen-bond donors (Lipinski definition) is 1. The molecule has 1 aliphatic carbocycles. The molecule has 3 aromatic carbocycles. The predicted molar refractivity (Wildman–Crippen MR) is 122 cm³/mol. The number of aromatic nitrogens is 1. The number of fused-ring (bicyclic) bond motifs is 2. The monoisotopic (exact) mass is 431 g/mol. The van der Waals surface area contributed by atoms with E-state index in [-0.39, 0.29) is 0 Å². The number of nitrogens with one attached hydrogen (secondary N) is 1. The summed E-state index contributed by atoms with van der Waals surface area (Å²) in [5, 5.41) is 5.37. The molecule has 2 aliphatic rings. The lowest BCUT2D eigenvalue weighted by Crippen LogP contribution is -2.10. The van der Waals surface area contributed by atoms with Crippen molar-refractivity contribution < 1.29 is 4.42 Å². The van der Waals surface area contributed by atoms with Gasteiger partial charge in [0.05, 0.1) is 16.7 Å². The van der Waals surface area contributed by atoms with Crippen LogP contribution in [-0.2, 0) is 0 Å². The Morgan fingerprint density at radius 3 is 2.43 bits per heavy atom. The first-order valence-electron chi connectivity index (χ1n) is 9.31. The maximum atomic E-state index is 6.15. The summed E-state index contributed by atoms with van der Waals surface area (Å²) < 4.78 is 6.08. The second kappa shape index (κ2) is 7.82. The Kier molecular flexibility index (Phi) is 4.87. The zero-order chi connectivity index (χ0) is 20.5. The van der Waals surface area contributed by atoms with E-state index in [9.17, 15) is 0 Å². The van der Waals surface area contributed by atoms with Crippen LogP contribution in [0.25, 0.3) is 22.6 Å². The Labute approximate surface area is 182 Å². The molecule has 0 amide bonds. The molecule has 6 heteroatoms. The molecule has 1 heterocycles. The smallest absolute Gasteiger partial charge is 0.155 e. The number of hydrogen-bond acceptors (Lipinski definition) is 4. The average Bonchev–Trinajstić information content (AvgIpc) is 2.73. The molecule has 4 nitrogen and oxygen atoms in total. The van der Waals surface area contributed by atoms with Gasteiger partial charge >= 0.3 is 0 Å². The van der Waals surface area contributed by atoms with Crippen molar-refractivity contribution in [2.75, 3.05) is 5.32 Å². The highest BCUT2D eigenvalue weighted by Gasteiger charge is 2.13. The summed E-state index contributed by atoms with van der Waals surface area (Å²) in [4.78, 5) is 9.52. The molecule has 30 heavy (non-hydrogen) atoms. The third kappa shape index (κ3) is 3.88. The van der Waals surface area contributed by atoms with Crippen LogP contribution in [0.3, 0.4) is 0 Å². The van der Waals surface area contributed by atoms with Crippen LogP contribution >= 0.6 is 23.2 Å². The molecular weight excluding hydrogens is 417 g/mol. The van der Waals surface area contributed by atoms with E-state index in [0.717, 1.165) is 28.3 Å². The van der Waals surface area contributed by atoms with E-state index in [0.29, 0.717) is 26.7 Å². The first-order chi connectivity index (χ1) is 14.6. The second-order valence-corrected chi connectivity index (χ2v) is 7.62. The summed E-state index contributed by atoms with van der Waals surface area (Å²) in [6.07, 6.45) is 0. The Balaban J connectivity index is 1.73. The Bertz CT molecular complexity index is 1410. The fourth-order valence-corrected chi connectivity index (χ4v) is 3.58. The Morgan fingerprint density at radius 1 is 0.800 bits per heavy atom. The van der Waals surface area contributed by atoms with Crippen LogP contribution in [-0.4, -0.2) is 4.98 Å². The maximum absolute atomic E-state index is 6.15. The number of nitrogens with zero attached hydrogens (tertiary/aromatic N) is 2. The lowest BCUT2D eigenvalue weighted by Gasteiger charge is -2.12. The van der Waals surface area contributed by atoms with Crippen molar-refractivity contribution in [1.29, 1.82) is 0 Å². The summed E-state index contributed by atoms with van der Waals surface area (Å²) in [6, 6.07) is 26.4. The first-order valence-corrected chi connectivity index (χ1v) is 10.1. The quantitative estimate of drug-likeness (QED) is 0.306. The van der Waals surface area contributed by atoms with Gasteiger partial charge in [-0.05, 0) is 54.6 Å².